The summed E-state index contributed by atoms with van der Waals surface area (Å²) < 4.78 is 10.9. The monoisotopic (exact) mass is 486 g/mol. The molecule has 1 fully saturated rings. The van der Waals surface area contributed by atoms with Gasteiger partial charge in [0.15, 0.2) is 6.61 Å². The Morgan fingerprint density at radius 3 is 2.33 bits per heavy atom. The molecule has 1 aliphatic rings. The Balaban J connectivity index is 1.23. The fourth-order valence-corrected chi connectivity index (χ4v) is 4.02. The molecule has 0 bridgehead atoms. The van der Waals surface area contributed by atoms with E-state index in [4.69, 9.17) is 9.47 Å². The molecular formula is C29H30N2O5. The van der Waals surface area contributed by atoms with Crippen LogP contribution in [-0.4, -0.2) is 30.9 Å². The van der Waals surface area contributed by atoms with Crippen molar-refractivity contribution in [2.75, 3.05) is 23.4 Å². The van der Waals surface area contributed by atoms with Gasteiger partial charge in [0, 0.05) is 24.3 Å². The highest BCUT2D eigenvalue weighted by atomic mass is 16.5. The van der Waals surface area contributed by atoms with Crippen LogP contribution in [0.1, 0.15) is 31.7 Å². The van der Waals surface area contributed by atoms with Crippen molar-refractivity contribution in [2.45, 2.75) is 32.6 Å². The number of nitrogens with zero attached hydrogens (tertiary/aromatic N) is 1. The molecule has 3 aromatic carbocycles. The molecule has 2 amide bonds. The summed E-state index contributed by atoms with van der Waals surface area (Å²) in [6.07, 6.45) is 3.33. The minimum Gasteiger partial charge on any atom is -0.457 e. The third kappa shape index (κ3) is 6.72. The van der Waals surface area contributed by atoms with E-state index in [2.05, 4.69) is 12.2 Å². The second-order valence-corrected chi connectivity index (χ2v) is 8.77. The first kappa shape index (κ1) is 25.0. The van der Waals surface area contributed by atoms with Crippen LogP contribution in [0.5, 0.6) is 11.5 Å². The van der Waals surface area contributed by atoms with E-state index in [9.17, 15) is 14.4 Å². The molecule has 7 heteroatoms. The van der Waals surface area contributed by atoms with Crippen LogP contribution < -0.4 is 15.0 Å². The molecule has 7 nitrogen and oxygen atoms in total. The Morgan fingerprint density at radius 2 is 1.64 bits per heavy atom. The fraction of sp³-hybridized carbons (Fsp3) is 0.276. The number of esters is 1. The number of benzene rings is 3. The van der Waals surface area contributed by atoms with E-state index in [-0.39, 0.29) is 18.9 Å². The summed E-state index contributed by atoms with van der Waals surface area (Å²) in [6, 6.07) is 24.2. The summed E-state index contributed by atoms with van der Waals surface area (Å²) in [4.78, 5) is 38.9. The largest absolute Gasteiger partial charge is 0.457 e. The van der Waals surface area contributed by atoms with Crippen molar-refractivity contribution < 1.29 is 23.9 Å². The van der Waals surface area contributed by atoms with E-state index in [1.54, 1.807) is 29.2 Å². The van der Waals surface area contributed by atoms with Crippen molar-refractivity contribution in [2.24, 2.45) is 5.92 Å². The molecule has 3 aromatic rings. The van der Waals surface area contributed by atoms with Gasteiger partial charge in [0.25, 0.3) is 5.91 Å². The van der Waals surface area contributed by atoms with Crippen LogP contribution in [0.4, 0.5) is 11.4 Å². The average molecular weight is 487 g/mol. The maximum Gasteiger partial charge on any atom is 0.311 e. The second-order valence-electron chi connectivity index (χ2n) is 8.77. The van der Waals surface area contributed by atoms with Gasteiger partial charge in [-0.2, -0.15) is 0 Å². The number of rotatable bonds is 10. The summed E-state index contributed by atoms with van der Waals surface area (Å²) in [6.45, 7) is 1.98. The first-order chi connectivity index (χ1) is 17.5. The lowest BCUT2D eigenvalue weighted by Crippen LogP contribution is -2.28. The summed E-state index contributed by atoms with van der Waals surface area (Å²) in [5.74, 6) is -0.373. The smallest absolute Gasteiger partial charge is 0.311 e. The van der Waals surface area contributed by atoms with Gasteiger partial charge in [-0.3, -0.25) is 14.4 Å². The van der Waals surface area contributed by atoms with Crippen molar-refractivity contribution in [3.05, 3.63) is 84.4 Å². The highest BCUT2D eigenvalue weighted by Gasteiger charge is 2.36. The lowest BCUT2D eigenvalue weighted by molar-refractivity contribution is -0.151. The predicted molar refractivity (Wildman–Crippen MR) is 138 cm³/mol. The Bertz CT molecular complexity index is 1180. The van der Waals surface area contributed by atoms with Crippen LogP contribution >= 0.6 is 0 Å². The SMILES string of the molecule is CCCCc1ccc(N2C[C@@H](C(=O)OCC(=O)Nc3ccc(Oc4ccccc4)cc3)CC2=O)cc1. The maximum atomic E-state index is 12.5. The predicted octanol–water partition coefficient (Wildman–Crippen LogP) is 5.36. The number of ether oxygens (including phenoxy) is 2. The highest BCUT2D eigenvalue weighted by Crippen LogP contribution is 2.27. The highest BCUT2D eigenvalue weighted by molar-refractivity contribution is 6.00. The molecule has 0 radical (unpaired) electrons. The average Bonchev–Trinajstić information content (AvgIpc) is 3.29. The zero-order valence-electron chi connectivity index (χ0n) is 20.3. The normalized spacial score (nSPS) is 15.0. The topological polar surface area (TPSA) is 84.9 Å². The van der Waals surface area contributed by atoms with E-state index in [1.807, 2.05) is 54.6 Å². The zero-order chi connectivity index (χ0) is 25.3. The molecular weight excluding hydrogens is 456 g/mol. The first-order valence-electron chi connectivity index (χ1n) is 12.2. The fourth-order valence-electron chi connectivity index (χ4n) is 4.02. The van der Waals surface area contributed by atoms with Crippen molar-refractivity contribution in [3.8, 4) is 11.5 Å². The Hall–Kier alpha value is -4.13. The number of amides is 2. The number of hydrogen-bond acceptors (Lipinski definition) is 5. The minimum atomic E-state index is -0.598. The molecule has 0 unspecified atom stereocenters. The second kappa shape index (κ2) is 12.0. The van der Waals surface area contributed by atoms with Crippen LogP contribution in [-0.2, 0) is 25.5 Å². The number of aryl methyl sites for hydroxylation is 1. The molecule has 1 aliphatic heterocycles. The van der Waals surface area contributed by atoms with Crippen LogP contribution in [0.15, 0.2) is 78.9 Å². The van der Waals surface area contributed by atoms with Crippen molar-refractivity contribution in [1.82, 2.24) is 0 Å². The van der Waals surface area contributed by atoms with Gasteiger partial charge in [0.05, 0.1) is 5.92 Å². The minimum absolute atomic E-state index is 0.0704. The summed E-state index contributed by atoms with van der Waals surface area (Å²) in [7, 11) is 0. The zero-order valence-corrected chi connectivity index (χ0v) is 20.3. The summed E-state index contributed by atoms with van der Waals surface area (Å²) in [5, 5.41) is 2.69. The lowest BCUT2D eigenvalue weighted by Gasteiger charge is -2.17. The third-order valence-electron chi connectivity index (χ3n) is 5.99. The standard InChI is InChI=1S/C29H30N2O5/c1-2-3-7-21-10-14-24(15-11-21)31-19-22(18-28(31)33)29(34)35-20-27(32)30-23-12-16-26(17-13-23)36-25-8-5-4-6-9-25/h4-6,8-17,22H,2-3,7,18-20H2,1H3,(H,30,32)/t22-/m0/s1. The number of carbonyl (C=O) groups is 3. The summed E-state index contributed by atoms with van der Waals surface area (Å²) >= 11 is 0. The van der Waals surface area contributed by atoms with E-state index in [1.165, 1.54) is 5.56 Å². The molecule has 186 valence electrons. The van der Waals surface area contributed by atoms with Gasteiger partial charge in [0.2, 0.25) is 5.91 Å². The molecule has 0 aromatic heterocycles. The first-order valence-corrected chi connectivity index (χ1v) is 12.2. The lowest BCUT2D eigenvalue weighted by atomic mass is 10.1. The molecule has 0 saturated carbocycles. The number of nitrogens with one attached hydrogen (secondary N) is 1. The van der Waals surface area contributed by atoms with E-state index in [0.29, 0.717) is 17.2 Å². The Morgan fingerprint density at radius 1 is 0.944 bits per heavy atom. The Labute approximate surface area is 211 Å². The Kier molecular flexibility index (Phi) is 8.34. The van der Waals surface area contributed by atoms with Crippen molar-refractivity contribution >= 4 is 29.2 Å². The van der Waals surface area contributed by atoms with Crippen LogP contribution in [0.2, 0.25) is 0 Å². The molecule has 36 heavy (non-hydrogen) atoms. The van der Waals surface area contributed by atoms with Crippen molar-refractivity contribution in [1.29, 1.82) is 0 Å². The molecule has 0 spiro atoms. The van der Waals surface area contributed by atoms with Gasteiger partial charge >= 0.3 is 5.97 Å². The molecule has 1 saturated heterocycles. The molecule has 4 rings (SSSR count). The number of carbonyl (C=O) groups excluding carboxylic acids is 3. The van der Waals surface area contributed by atoms with Gasteiger partial charge in [-0.05, 0) is 66.9 Å². The number of unbranched alkanes of at least 4 members (excludes halogenated alkanes) is 1. The van der Waals surface area contributed by atoms with E-state index >= 15 is 0 Å². The van der Waals surface area contributed by atoms with Gasteiger partial charge < -0.3 is 19.7 Å². The number of hydrogen-bond donors (Lipinski definition) is 1. The molecule has 1 heterocycles. The summed E-state index contributed by atoms with van der Waals surface area (Å²) in [5.41, 5.74) is 2.56. The van der Waals surface area contributed by atoms with Crippen LogP contribution in [0.25, 0.3) is 0 Å². The van der Waals surface area contributed by atoms with Crippen LogP contribution in [0, 0.1) is 5.92 Å². The van der Waals surface area contributed by atoms with E-state index < -0.39 is 24.4 Å². The number of anilines is 2. The maximum absolute atomic E-state index is 12.5. The molecule has 1 N–H and O–H groups in total. The van der Waals surface area contributed by atoms with Gasteiger partial charge in [0.1, 0.15) is 11.5 Å². The molecule has 1 atom stereocenters. The number of para-hydroxylation sites is 1. The third-order valence-corrected chi connectivity index (χ3v) is 5.99. The van der Waals surface area contributed by atoms with Gasteiger partial charge in [-0.1, -0.05) is 43.7 Å². The van der Waals surface area contributed by atoms with E-state index in [0.717, 1.165) is 24.9 Å². The quantitative estimate of drug-likeness (QED) is 0.390. The molecule has 0 aliphatic carbocycles. The van der Waals surface area contributed by atoms with Gasteiger partial charge in [-0.15, -0.1) is 0 Å². The van der Waals surface area contributed by atoms with Crippen molar-refractivity contribution in [3.63, 3.8) is 0 Å². The van der Waals surface area contributed by atoms with Crippen LogP contribution in [0.3, 0.4) is 0 Å². The van der Waals surface area contributed by atoms with Gasteiger partial charge in [-0.25, -0.2) is 0 Å².